The molecule has 3 aliphatic rings. The Morgan fingerprint density at radius 1 is 1.12 bits per heavy atom. The molecule has 0 aromatic heterocycles. The Hall–Kier alpha value is -0.220. The van der Waals surface area contributed by atoms with Crippen LogP contribution < -0.4 is 5.32 Å². The molecule has 1 saturated heterocycles. The van der Waals surface area contributed by atoms with Crippen LogP contribution in [0.4, 0.5) is 8.78 Å². The first-order valence-corrected chi connectivity index (χ1v) is 6.25. The fraction of sp³-hybridized carbons (Fsp3) is 1.00. The van der Waals surface area contributed by atoms with Gasteiger partial charge in [0.2, 0.25) is 0 Å². The normalized spacial score (nSPS) is 36.0. The van der Waals surface area contributed by atoms with Gasteiger partial charge in [-0.3, -0.25) is 14.1 Å². The summed E-state index contributed by atoms with van der Waals surface area (Å²) in [5, 5.41) is 3.50. The zero-order valence-corrected chi connectivity index (χ0v) is 9.48. The van der Waals surface area contributed by atoms with Gasteiger partial charge in [-0.25, -0.2) is 0 Å². The van der Waals surface area contributed by atoms with Crippen molar-refractivity contribution in [1.82, 2.24) is 5.32 Å². The minimum absolute atomic E-state index is 0.399. The van der Waals surface area contributed by atoms with Crippen molar-refractivity contribution in [3.8, 4) is 0 Å². The van der Waals surface area contributed by atoms with Crippen LogP contribution in [0.5, 0.6) is 0 Å². The Morgan fingerprint density at radius 2 is 1.81 bits per heavy atom. The Kier molecular flexibility index (Phi) is 2.48. The maximum absolute atomic E-state index is 12.8. The lowest BCUT2D eigenvalue weighted by atomic mass is 9.63. The van der Waals surface area contributed by atoms with Crippen LogP contribution in [0, 0.1) is 11.3 Å². The van der Waals surface area contributed by atoms with Gasteiger partial charge in [0.1, 0.15) is 5.72 Å². The third kappa shape index (κ3) is 1.66. The Balaban J connectivity index is 1.62. The molecule has 2 aliphatic carbocycles. The maximum Gasteiger partial charge on any atom is 0.120 e. The van der Waals surface area contributed by atoms with Crippen molar-refractivity contribution in [1.29, 1.82) is 0 Å². The lowest BCUT2D eigenvalue weighted by Crippen LogP contribution is -2.68. The Morgan fingerprint density at radius 3 is 2.38 bits per heavy atom. The van der Waals surface area contributed by atoms with Gasteiger partial charge in [-0.2, -0.15) is 0 Å². The number of nitrogens with one attached hydrogen (secondary N) is 1. The summed E-state index contributed by atoms with van der Waals surface area (Å²) in [4.78, 5) is 0. The van der Waals surface area contributed by atoms with Crippen LogP contribution in [-0.4, -0.2) is 31.7 Å². The third-order valence-corrected chi connectivity index (χ3v) is 4.33. The Labute approximate surface area is 94.7 Å². The van der Waals surface area contributed by atoms with E-state index in [1.807, 2.05) is 0 Å². The molecule has 1 heterocycles. The van der Waals surface area contributed by atoms with Crippen LogP contribution in [0.1, 0.15) is 32.1 Å². The molecule has 1 atom stereocenters. The molecule has 3 rings (SSSR count). The largest absolute Gasteiger partial charge is 0.361 e. The van der Waals surface area contributed by atoms with E-state index in [2.05, 4.69) is 5.32 Å². The van der Waals surface area contributed by atoms with E-state index in [0.717, 1.165) is 18.9 Å². The number of rotatable bonds is 3. The van der Waals surface area contributed by atoms with Crippen molar-refractivity contribution >= 4 is 0 Å². The van der Waals surface area contributed by atoms with E-state index < -0.39 is 24.5 Å². The van der Waals surface area contributed by atoms with Gasteiger partial charge in [0.15, 0.2) is 0 Å². The molecule has 0 aromatic carbocycles. The lowest BCUT2D eigenvalue weighted by molar-refractivity contribution is -0.222. The summed E-state index contributed by atoms with van der Waals surface area (Å²) in [6, 6.07) is 0.519. The second kappa shape index (κ2) is 3.64. The van der Waals surface area contributed by atoms with Gasteiger partial charge in [-0.15, -0.1) is 0 Å². The van der Waals surface area contributed by atoms with E-state index >= 15 is 0 Å². The zero-order chi connectivity index (χ0) is 11.2. The van der Waals surface area contributed by atoms with Gasteiger partial charge >= 0.3 is 0 Å². The second-order valence-corrected chi connectivity index (χ2v) is 5.84. The first-order chi connectivity index (χ1) is 7.71. The number of halogens is 2. The van der Waals surface area contributed by atoms with E-state index in [1.165, 1.54) is 12.8 Å². The quantitative estimate of drug-likeness (QED) is 0.804. The molecule has 1 aliphatic heterocycles. The molecule has 3 fully saturated rings. The molecule has 4 heteroatoms. The lowest BCUT2D eigenvalue weighted by Gasteiger charge is -2.57. The summed E-state index contributed by atoms with van der Waals surface area (Å²) < 4.78 is 31.3. The van der Waals surface area contributed by atoms with E-state index in [4.69, 9.17) is 4.74 Å². The van der Waals surface area contributed by atoms with Gasteiger partial charge in [0, 0.05) is 24.3 Å². The van der Waals surface area contributed by atoms with Crippen LogP contribution >= 0.6 is 0 Å². The fourth-order valence-corrected chi connectivity index (χ4v) is 3.27. The maximum atomic E-state index is 12.8. The summed E-state index contributed by atoms with van der Waals surface area (Å²) in [7, 11) is 0. The van der Waals surface area contributed by atoms with Crippen molar-refractivity contribution in [3.05, 3.63) is 0 Å². The van der Waals surface area contributed by atoms with Crippen molar-refractivity contribution in [2.45, 2.75) is 43.9 Å². The summed E-state index contributed by atoms with van der Waals surface area (Å²) in [6.45, 7) is -0.391. The highest BCUT2D eigenvalue weighted by atomic mass is 19.1. The highest BCUT2D eigenvalue weighted by Gasteiger charge is 2.58. The van der Waals surface area contributed by atoms with Gasteiger partial charge < -0.3 is 4.74 Å². The predicted octanol–water partition coefficient (Wildman–Crippen LogP) is 2.19. The van der Waals surface area contributed by atoms with Gasteiger partial charge in [0.25, 0.3) is 0 Å². The highest BCUT2D eigenvalue weighted by Crippen LogP contribution is 2.52. The van der Waals surface area contributed by atoms with Crippen LogP contribution in [0.3, 0.4) is 0 Å². The number of ether oxygens (including phenoxy) is 1. The molecular formula is C12H19F2NO. The van der Waals surface area contributed by atoms with Crippen molar-refractivity contribution < 1.29 is 13.5 Å². The molecule has 1 spiro atoms. The molecule has 0 aromatic rings. The van der Waals surface area contributed by atoms with Crippen LogP contribution in [-0.2, 0) is 4.74 Å². The number of hydrogen-bond acceptors (Lipinski definition) is 2. The van der Waals surface area contributed by atoms with Crippen molar-refractivity contribution in [3.63, 3.8) is 0 Å². The fourth-order valence-electron chi connectivity index (χ4n) is 3.27. The van der Waals surface area contributed by atoms with Gasteiger partial charge in [-0.1, -0.05) is 0 Å². The van der Waals surface area contributed by atoms with Crippen LogP contribution in [0.15, 0.2) is 0 Å². The van der Waals surface area contributed by atoms with Crippen LogP contribution in [0.25, 0.3) is 0 Å². The van der Waals surface area contributed by atoms with E-state index in [9.17, 15) is 8.78 Å². The average molecular weight is 231 g/mol. The molecule has 16 heavy (non-hydrogen) atoms. The topological polar surface area (TPSA) is 21.3 Å². The van der Waals surface area contributed by atoms with Gasteiger partial charge in [-0.05, 0) is 25.2 Å². The third-order valence-electron chi connectivity index (χ3n) is 4.33. The zero-order valence-electron chi connectivity index (χ0n) is 9.48. The first-order valence-electron chi connectivity index (χ1n) is 6.25. The van der Waals surface area contributed by atoms with E-state index in [-0.39, 0.29) is 0 Å². The molecule has 92 valence electrons. The first kappa shape index (κ1) is 10.9. The SMILES string of the molecule is FCC1(CF)CC2(C1)NC(C1CC1)CCO2. The summed E-state index contributed by atoms with van der Waals surface area (Å²) in [5.41, 5.74) is -1.15. The van der Waals surface area contributed by atoms with Gasteiger partial charge in [0.05, 0.1) is 20.0 Å². The molecule has 0 amide bonds. The van der Waals surface area contributed by atoms with E-state index in [0.29, 0.717) is 18.9 Å². The second-order valence-electron chi connectivity index (χ2n) is 5.84. The average Bonchev–Trinajstić information content (AvgIpc) is 3.09. The summed E-state index contributed by atoms with van der Waals surface area (Å²) in [5.74, 6) is 0.784. The van der Waals surface area contributed by atoms with E-state index in [1.54, 1.807) is 0 Å². The molecule has 0 bridgehead atoms. The molecule has 2 nitrogen and oxygen atoms in total. The van der Waals surface area contributed by atoms with Crippen molar-refractivity contribution in [2.75, 3.05) is 20.0 Å². The van der Waals surface area contributed by atoms with Crippen LogP contribution in [0.2, 0.25) is 0 Å². The molecule has 0 radical (unpaired) electrons. The summed E-state index contributed by atoms with van der Waals surface area (Å²) >= 11 is 0. The Bertz CT molecular complexity index is 263. The molecule has 1 unspecified atom stereocenters. The summed E-state index contributed by atoms with van der Waals surface area (Å²) in [6.07, 6.45) is 4.63. The molecular weight excluding hydrogens is 212 g/mol. The minimum atomic E-state index is -0.752. The van der Waals surface area contributed by atoms with Crippen molar-refractivity contribution in [2.24, 2.45) is 11.3 Å². The molecule has 1 N–H and O–H groups in total. The number of alkyl halides is 2. The number of hydrogen-bond donors (Lipinski definition) is 1. The minimum Gasteiger partial charge on any atom is -0.361 e. The molecule has 2 saturated carbocycles. The highest BCUT2D eigenvalue weighted by molar-refractivity contribution is 5.07. The predicted molar refractivity (Wildman–Crippen MR) is 56.6 cm³/mol. The monoisotopic (exact) mass is 231 g/mol. The standard InChI is InChI=1S/C12H19F2NO/c13-7-11(8-14)5-12(6-11)15-10(3-4-16-12)9-1-2-9/h9-10,15H,1-8H2. The smallest absolute Gasteiger partial charge is 0.120 e.